The van der Waals surface area contributed by atoms with Crippen molar-refractivity contribution in [2.24, 2.45) is 0 Å². The molecule has 0 aromatic heterocycles. The molecule has 2 rings (SSSR count). The van der Waals surface area contributed by atoms with E-state index in [9.17, 15) is 9.59 Å². The first kappa shape index (κ1) is 15.8. The Kier molecular flexibility index (Phi) is 6.01. The maximum atomic E-state index is 11.8. The van der Waals surface area contributed by atoms with Crippen molar-refractivity contribution in [2.45, 2.75) is 6.42 Å². The molecule has 2 aliphatic heterocycles. The molecule has 118 valence electrons. The molecular formula is C14H23N3O4. The topological polar surface area (TPSA) is 71.1 Å². The summed E-state index contributed by atoms with van der Waals surface area (Å²) in [6.07, 6.45) is 0.600. The van der Waals surface area contributed by atoms with Crippen LogP contribution in [0.15, 0.2) is 12.2 Å². The van der Waals surface area contributed by atoms with Crippen LogP contribution in [0.5, 0.6) is 0 Å². The van der Waals surface area contributed by atoms with Crippen LogP contribution in [0.3, 0.4) is 0 Å². The molecule has 0 radical (unpaired) electrons. The highest BCUT2D eigenvalue weighted by atomic mass is 16.5. The third-order valence-corrected chi connectivity index (χ3v) is 3.66. The van der Waals surface area contributed by atoms with Crippen molar-refractivity contribution in [3.05, 3.63) is 12.2 Å². The van der Waals surface area contributed by atoms with Crippen LogP contribution in [0.4, 0.5) is 4.79 Å². The van der Waals surface area contributed by atoms with Crippen molar-refractivity contribution in [3.63, 3.8) is 0 Å². The van der Waals surface area contributed by atoms with Crippen molar-refractivity contribution in [2.75, 3.05) is 59.1 Å². The zero-order valence-corrected chi connectivity index (χ0v) is 12.3. The first-order valence-corrected chi connectivity index (χ1v) is 7.34. The molecule has 0 unspecified atom stereocenters. The summed E-state index contributed by atoms with van der Waals surface area (Å²) in [5, 5.41) is 2.70. The van der Waals surface area contributed by atoms with Gasteiger partial charge in [-0.2, -0.15) is 0 Å². The Morgan fingerprint density at radius 3 is 2.71 bits per heavy atom. The van der Waals surface area contributed by atoms with Gasteiger partial charge in [-0.15, -0.1) is 0 Å². The summed E-state index contributed by atoms with van der Waals surface area (Å²) in [5.41, 5.74) is 0.479. The number of urea groups is 1. The molecule has 0 atom stereocenters. The quantitative estimate of drug-likeness (QED) is 0.522. The van der Waals surface area contributed by atoms with E-state index in [1.165, 1.54) is 0 Å². The number of nitrogens with zero attached hydrogens (tertiary/aromatic N) is 2. The molecule has 0 aromatic rings. The molecule has 2 saturated heterocycles. The van der Waals surface area contributed by atoms with Gasteiger partial charge in [0.25, 0.3) is 0 Å². The van der Waals surface area contributed by atoms with Gasteiger partial charge in [0.05, 0.1) is 19.8 Å². The Morgan fingerprint density at radius 1 is 1.29 bits per heavy atom. The van der Waals surface area contributed by atoms with E-state index < -0.39 is 0 Å². The number of morpholine rings is 1. The fourth-order valence-electron chi connectivity index (χ4n) is 2.29. The van der Waals surface area contributed by atoms with Crippen LogP contribution < -0.4 is 5.32 Å². The van der Waals surface area contributed by atoms with Gasteiger partial charge in [-0.3, -0.25) is 4.90 Å². The second kappa shape index (κ2) is 7.99. The molecule has 0 saturated carbocycles. The maximum absolute atomic E-state index is 11.8. The van der Waals surface area contributed by atoms with Crippen LogP contribution in [0.2, 0.25) is 0 Å². The van der Waals surface area contributed by atoms with Gasteiger partial charge < -0.3 is 19.7 Å². The van der Waals surface area contributed by atoms with Crippen molar-refractivity contribution < 1.29 is 19.1 Å². The Hall–Kier alpha value is -1.60. The van der Waals surface area contributed by atoms with Crippen LogP contribution in [0.1, 0.15) is 6.42 Å². The van der Waals surface area contributed by atoms with Gasteiger partial charge in [0.1, 0.15) is 6.61 Å². The highest BCUT2D eigenvalue weighted by Gasteiger charge is 2.19. The summed E-state index contributed by atoms with van der Waals surface area (Å²) < 4.78 is 10.4. The lowest BCUT2D eigenvalue weighted by molar-refractivity contribution is -0.139. The highest BCUT2D eigenvalue weighted by Crippen LogP contribution is 2.06. The molecule has 2 fully saturated rings. The van der Waals surface area contributed by atoms with Crippen molar-refractivity contribution in [1.82, 2.24) is 15.1 Å². The van der Waals surface area contributed by atoms with Crippen molar-refractivity contribution >= 4 is 12.0 Å². The number of carbonyl (C=O) groups excluding carboxylic acids is 2. The molecular weight excluding hydrogens is 274 g/mol. The number of carbonyl (C=O) groups is 2. The van der Waals surface area contributed by atoms with Crippen LogP contribution in [-0.4, -0.2) is 80.9 Å². The molecule has 2 amide bonds. The summed E-state index contributed by atoms with van der Waals surface area (Å²) >= 11 is 0. The Balaban J connectivity index is 1.58. The highest BCUT2D eigenvalue weighted by molar-refractivity contribution is 5.87. The maximum Gasteiger partial charge on any atom is 0.333 e. The van der Waals surface area contributed by atoms with E-state index in [1.807, 2.05) is 0 Å². The first-order chi connectivity index (χ1) is 10.2. The van der Waals surface area contributed by atoms with Gasteiger partial charge in [-0.25, -0.2) is 9.59 Å². The molecule has 0 aromatic carbocycles. The van der Waals surface area contributed by atoms with E-state index in [2.05, 4.69) is 16.8 Å². The Morgan fingerprint density at radius 2 is 2.05 bits per heavy atom. The smallest absolute Gasteiger partial charge is 0.333 e. The summed E-state index contributed by atoms with van der Waals surface area (Å²) in [5.74, 6) is -0.372. The zero-order chi connectivity index (χ0) is 15.1. The van der Waals surface area contributed by atoms with Gasteiger partial charge in [-0.1, -0.05) is 6.58 Å². The number of ether oxygens (including phenoxy) is 2. The molecule has 2 aliphatic rings. The zero-order valence-electron chi connectivity index (χ0n) is 12.3. The molecule has 7 heteroatoms. The standard InChI is InChI=1S/C14H23N3O4/c1-12(2-4-16-6-9-20-10-7-16)13(18)21-11-8-17-5-3-15-14(17)19/h1-11H2,(H,15,19). The monoisotopic (exact) mass is 297 g/mol. The largest absolute Gasteiger partial charge is 0.460 e. The van der Waals surface area contributed by atoms with Crippen molar-refractivity contribution in [1.29, 1.82) is 0 Å². The average molecular weight is 297 g/mol. The summed E-state index contributed by atoms with van der Waals surface area (Å²) in [7, 11) is 0. The molecule has 21 heavy (non-hydrogen) atoms. The lowest BCUT2D eigenvalue weighted by Crippen LogP contribution is -2.37. The van der Waals surface area contributed by atoms with Gasteiger partial charge in [0, 0.05) is 38.3 Å². The summed E-state index contributed by atoms with van der Waals surface area (Å²) in [4.78, 5) is 27.0. The number of amides is 2. The summed E-state index contributed by atoms with van der Waals surface area (Å²) in [6, 6.07) is -0.0998. The van der Waals surface area contributed by atoms with Gasteiger partial charge in [0.15, 0.2) is 0 Å². The van der Waals surface area contributed by atoms with E-state index >= 15 is 0 Å². The number of hydrogen-bond acceptors (Lipinski definition) is 5. The van der Waals surface area contributed by atoms with E-state index in [0.717, 1.165) is 32.8 Å². The van der Waals surface area contributed by atoms with E-state index in [1.54, 1.807) is 4.90 Å². The number of esters is 1. The van der Waals surface area contributed by atoms with E-state index in [0.29, 0.717) is 31.6 Å². The molecule has 0 bridgehead atoms. The number of rotatable bonds is 7. The molecule has 0 spiro atoms. The van der Waals surface area contributed by atoms with Gasteiger partial charge in [0.2, 0.25) is 0 Å². The fraction of sp³-hybridized carbons (Fsp3) is 0.714. The van der Waals surface area contributed by atoms with Gasteiger partial charge in [-0.05, 0) is 6.42 Å². The minimum absolute atomic E-state index is 0.0998. The summed E-state index contributed by atoms with van der Waals surface area (Å²) in [6.45, 7) is 9.81. The average Bonchev–Trinajstić information content (AvgIpc) is 2.91. The van der Waals surface area contributed by atoms with Crippen LogP contribution in [0.25, 0.3) is 0 Å². The minimum Gasteiger partial charge on any atom is -0.460 e. The molecule has 2 heterocycles. The predicted molar refractivity (Wildman–Crippen MR) is 76.9 cm³/mol. The normalized spacial score (nSPS) is 19.4. The molecule has 1 N–H and O–H groups in total. The fourth-order valence-corrected chi connectivity index (χ4v) is 2.29. The molecule has 7 nitrogen and oxygen atoms in total. The van der Waals surface area contributed by atoms with E-state index in [-0.39, 0.29) is 18.6 Å². The van der Waals surface area contributed by atoms with E-state index in [4.69, 9.17) is 9.47 Å². The Bertz CT molecular complexity index is 394. The minimum atomic E-state index is -0.372. The SMILES string of the molecule is C=C(CCN1CCOCC1)C(=O)OCCN1CCNC1=O. The van der Waals surface area contributed by atoms with Crippen LogP contribution in [-0.2, 0) is 14.3 Å². The predicted octanol–water partition coefficient (Wildman–Crippen LogP) is -0.167. The van der Waals surface area contributed by atoms with Gasteiger partial charge >= 0.3 is 12.0 Å². The first-order valence-electron chi connectivity index (χ1n) is 7.34. The molecule has 0 aliphatic carbocycles. The lowest BCUT2D eigenvalue weighted by Gasteiger charge is -2.26. The Labute approximate surface area is 124 Å². The second-order valence-corrected chi connectivity index (χ2v) is 5.16. The third-order valence-electron chi connectivity index (χ3n) is 3.66. The van der Waals surface area contributed by atoms with Crippen LogP contribution >= 0.6 is 0 Å². The number of hydrogen-bond donors (Lipinski definition) is 1. The van der Waals surface area contributed by atoms with Crippen molar-refractivity contribution in [3.8, 4) is 0 Å². The third kappa shape index (κ3) is 5.02. The van der Waals surface area contributed by atoms with Crippen LogP contribution in [0, 0.1) is 0 Å². The lowest BCUT2D eigenvalue weighted by atomic mass is 10.2. The second-order valence-electron chi connectivity index (χ2n) is 5.16. The number of nitrogens with one attached hydrogen (secondary N) is 1.